The zero-order valence-electron chi connectivity index (χ0n) is 18.6. The molecule has 1 aromatic heterocycles. The summed E-state index contributed by atoms with van der Waals surface area (Å²) in [6, 6.07) is 6.87. The van der Waals surface area contributed by atoms with Crippen molar-refractivity contribution in [2.24, 2.45) is 5.92 Å². The van der Waals surface area contributed by atoms with Gasteiger partial charge in [0.1, 0.15) is 10.8 Å². The second-order valence-corrected chi connectivity index (χ2v) is 9.24. The van der Waals surface area contributed by atoms with Crippen LogP contribution in [-0.2, 0) is 19.1 Å². The Balaban J connectivity index is 1.48. The summed E-state index contributed by atoms with van der Waals surface area (Å²) in [5, 5.41) is 5.79. The molecule has 10 heteroatoms. The molecule has 4 rings (SSSR count). The lowest BCUT2D eigenvalue weighted by molar-refractivity contribution is -0.128. The summed E-state index contributed by atoms with van der Waals surface area (Å²) in [4.78, 5) is 52.5. The van der Waals surface area contributed by atoms with Crippen LogP contribution < -0.4 is 20.3 Å². The van der Waals surface area contributed by atoms with Gasteiger partial charge >= 0.3 is 5.97 Å². The molecule has 1 aromatic carbocycles. The average Bonchev–Trinajstić information content (AvgIpc) is 3.62. The molecule has 1 unspecified atom stereocenters. The van der Waals surface area contributed by atoms with Crippen molar-refractivity contribution in [3.63, 3.8) is 0 Å². The van der Waals surface area contributed by atoms with Gasteiger partial charge in [0.2, 0.25) is 5.91 Å². The van der Waals surface area contributed by atoms with E-state index in [9.17, 15) is 19.2 Å². The van der Waals surface area contributed by atoms with Crippen LogP contribution in [0.3, 0.4) is 0 Å². The number of fused-ring (bicyclic) bond motifs is 1. The van der Waals surface area contributed by atoms with Crippen LogP contribution in [-0.4, -0.2) is 50.0 Å². The van der Waals surface area contributed by atoms with E-state index in [-0.39, 0.29) is 29.8 Å². The SMILES string of the molecule is CNC(=O)C1CN(C(=O)COC(=O)c2c(NC(=O)C3CC3)sc(C)c2C)c2ccccc2O1. The van der Waals surface area contributed by atoms with Gasteiger partial charge < -0.3 is 25.0 Å². The number of hydrogen-bond acceptors (Lipinski definition) is 7. The summed E-state index contributed by atoms with van der Waals surface area (Å²) in [7, 11) is 1.49. The monoisotopic (exact) mass is 471 g/mol. The van der Waals surface area contributed by atoms with Crippen LogP contribution in [0.25, 0.3) is 0 Å². The van der Waals surface area contributed by atoms with Crippen LogP contribution in [0.15, 0.2) is 24.3 Å². The Morgan fingerprint density at radius 1 is 1.15 bits per heavy atom. The van der Waals surface area contributed by atoms with Gasteiger partial charge in [0.25, 0.3) is 11.8 Å². The minimum Gasteiger partial charge on any atom is -0.477 e. The number of esters is 1. The maximum Gasteiger partial charge on any atom is 0.341 e. The quantitative estimate of drug-likeness (QED) is 0.626. The molecule has 1 aliphatic carbocycles. The highest BCUT2D eigenvalue weighted by molar-refractivity contribution is 7.16. The van der Waals surface area contributed by atoms with Crippen molar-refractivity contribution >= 4 is 45.7 Å². The first kappa shape index (κ1) is 22.8. The number of amides is 3. The number of nitrogens with zero attached hydrogens (tertiary/aromatic N) is 1. The van der Waals surface area contributed by atoms with E-state index < -0.39 is 24.6 Å². The van der Waals surface area contributed by atoms with Crippen molar-refractivity contribution in [1.29, 1.82) is 0 Å². The van der Waals surface area contributed by atoms with Crippen molar-refractivity contribution in [2.45, 2.75) is 32.8 Å². The summed E-state index contributed by atoms with van der Waals surface area (Å²) in [6.45, 7) is 3.12. The molecule has 3 amide bonds. The largest absolute Gasteiger partial charge is 0.477 e. The molecule has 0 saturated heterocycles. The standard InChI is InChI=1S/C23H25N3O6S/c1-12-13(2)33-22(25-20(28)14-8-9-14)19(12)23(30)31-11-18(27)26-10-17(21(29)24-3)32-16-7-5-4-6-15(16)26/h4-7,14,17H,8-11H2,1-3H3,(H,24,29)(H,25,28). The molecule has 0 radical (unpaired) electrons. The van der Waals surface area contributed by atoms with E-state index in [0.29, 0.717) is 22.0 Å². The Kier molecular flexibility index (Phi) is 6.37. The number of aryl methyl sites for hydroxylation is 1. The second-order valence-electron chi connectivity index (χ2n) is 8.02. The topological polar surface area (TPSA) is 114 Å². The van der Waals surface area contributed by atoms with E-state index in [4.69, 9.17) is 9.47 Å². The van der Waals surface area contributed by atoms with Crippen LogP contribution in [0.4, 0.5) is 10.7 Å². The van der Waals surface area contributed by atoms with Crippen LogP contribution in [0.5, 0.6) is 5.75 Å². The van der Waals surface area contributed by atoms with Crippen molar-refractivity contribution in [3.05, 3.63) is 40.3 Å². The predicted molar refractivity (Wildman–Crippen MR) is 123 cm³/mol. The van der Waals surface area contributed by atoms with Crippen molar-refractivity contribution in [1.82, 2.24) is 5.32 Å². The zero-order valence-corrected chi connectivity index (χ0v) is 19.4. The predicted octanol–water partition coefficient (Wildman–Crippen LogP) is 2.41. The first-order valence-corrected chi connectivity index (χ1v) is 11.5. The Labute approximate surface area is 195 Å². The lowest BCUT2D eigenvalue weighted by Gasteiger charge is -2.33. The molecular weight excluding hydrogens is 446 g/mol. The van der Waals surface area contributed by atoms with E-state index in [0.717, 1.165) is 17.7 Å². The molecule has 2 heterocycles. The van der Waals surface area contributed by atoms with E-state index in [2.05, 4.69) is 10.6 Å². The Morgan fingerprint density at radius 2 is 1.88 bits per heavy atom. The molecule has 2 N–H and O–H groups in total. The normalized spacial score (nSPS) is 16.9. The summed E-state index contributed by atoms with van der Waals surface area (Å²) < 4.78 is 11.1. The molecule has 0 bridgehead atoms. The molecular formula is C23H25N3O6S. The molecule has 1 atom stereocenters. The summed E-state index contributed by atoms with van der Waals surface area (Å²) in [5.41, 5.74) is 1.48. The molecule has 1 aliphatic heterocycles. The number of nitrogens with one attached hydrogen (secondary N) is 2. The summed E-state index contributed by atoms with van der Waals surface area (Å²) >= 11 is 1.31. The number of likely N-dealkylation sites (N-methyl/N-ethyl adjacent to an activating group) is 1. The second kappa shape index (κ2) is 9.22. The van der Waals surface area contributed by atoms with Gasteiger partial charge in [-0.3, -0.25) is 14.4 Å². The van der Waals surface area contributed by atoms with Gasteiger partial charge in [0.15, 0.2) is 12.7 Å². The number of para-hydroxylation sites is 2. The molecule has 33 heavy (non-hydrogen) atoms. The van der Waals surface area contributed by atoms with Gasteiger partial charge in [-0.2, -0.15) is 0 Å². The first-order valence-electron chi connectivity index (χ1n) is 10.7. The van der Waals surface area contributed by atoms with E-state index in [1.54, 1.807) is 31.2 Å². The van der Waals surface area contributed by atoms with Gasteiger partial charge in [-0.1, -0.05) is 12.1 Å². The Bertz CT molecular complexity index is 1120. The minimum absolute atomic E-state index is 0.00665. The van der Waals surface area contributed by atoms with Gasteiger partial charge in [0, 0.05) is 17.8 Å². The first-order chi connectivity index (χ1) is 15.8. The lowest BCUT2D eigenvalue weighted by Crippen LogP contribution is -2.51. The number of carbonyl (C=O) groups is 4. The maximum absolute atomic E-state index is 13.0. The van der Waals surface area contributed by atoms with Crippen LogP contribution in [0.2, 0.25) is 0 Å². The third kappa shape index (κ3) is 4.70. The van der Waals surface area contributed by atoms with Gasteiger partial charge in [-0.05, 0) is 44.4 Å². The van der Waals surface area contributed by atoms with Crippen LogP contribution in [0, 0.1) is 19.8 Å². The molecule has 1 saturated carbocycles. The Hall–Kier alpha value is -3.40. The van der Waals surface area contributed by atoms with Gasteiger partial charge in [0.05, 0.1) is 17.8 Å². The van der Waals surface area contributed by atoms with Gasteiger partial charge in [-0.25, -0.2) is 4.79 Å². The fraction of sp³-hybridized carbons (Fsp3) is 0.391. The molecule has 2 aromatic rings. The van der Waals surface area contributed by atoms with Crippen molar-refractivity contribution in [3.8, 4) is 5.75 Å². The third-order valence-corrected chi connectivity index (χ3v) is 6.84. The highest BCUT2D eigenvalue weighted by Crippen LogP contribution is 2.36. The summed E-state index contributed by atoms with van der Waals surface area (Å²) in [6.07, 6.45) is 0.818. The van der Waals surface area contributed by atoms with Crippen molar-refractivity contribution < 1.29 is 28.7 Å². The fourth-order valence-electron chi connectivity index (χ4n) is 3.57. The molecule has 9 nitrogen and oxygen atoms in total. The maximum atomic E-state index is 13.0. The molecule has 0 spiro atoms. The summed E-state index contributed by atoms with van der Waals surface area (Å²) in [5.74, 6) is -1.24. The fourth-order valence-corrected chi connectivity index (χ4v) is 4.62. The van der Waals surface area contributed by atoms with Gasteiger partial charge in [-0.15, -0.1) is 11.3 Å². The van der Waals surface area contributed by atoms with E-state index in [1.807, 2.05) is 6.92 Å². The van der Waals surface area contributed by atoms with E-state index >= 15 is 0 Å². The number of benzene rings is 1. The van der Waals surface area contributed by atoms with Crippen molar-refractivity contribution in [2.75, 3.05) is 30.4 Å². The van der Waals surface area contributed by atoms with Crippen LogP contribution >= 0.6 is 11.3 Å². The molecule has 174 valence electrons. The highest BCUT2D eigenvalue weighted by atomic mass is 32.1. The molecule has 1 fully saturated rings. The highest BCUT2D eigenvalue weighted by Gasteiger charge is 2.35. The zero-order chi connectivity index (χ0) is 23.7. The smallest absolute Gasteiger partial charge is 0.341 e. The average molecular weight is 472 g/mol. The number of rotatable bonds is 6. The third-order valence-electron chi connectivity index (χ3n) is 5.71. The number of anilines is 2. The lowest BCUT2D eigenvalue weighted by atomic mass is 10.1. The number of thiophene rings is 1. The number of hydrogen-bond donors (Lipinski definition) is 2. The number of ether oxygens (including phenoxy) is 2. The Morgan fingerprint density at radius 3 is 2.58 bits per heavy atom. The minimum atomic E-state index is -0.879. The number of carbonyl (C=O) groups excluding carboxylic acids is 4. The van der Waals surface area contributed by atoms with Crippen LogP contribution in [0.1, 0.15) is 33.6 Å². The van der Waals surface area contributed by atoms with E-state index in [1.165, 1.54) is 23.3 Å². The molecule has 2 aliphatic rings.